The van der Waals surface area contributed by atoms with Gasteiger partial charge in [-0.1, -0.05) is 25.4 Å². The van der Waals surface area contributed by atoms with Crippen molar-refractivity contribution in [2.75, 3.05) is 37.8 Å². The van der Waals surface area contributed by atoms with Crippen LogP contribution in [-0.4, -0.2) is 59.9 Å². The fourth-order valence-corrected chi connectivity index (χ4v) is 5.39. The first-order valence-corrected chi connectivity index (χ1v) is 12.6. The number of fused-ring (bicyclic) bond motifs is 2. The van der Waals surface area contributed by atoms with Gasteiger partial charge in [0.05, 0.1) is 31.5 Å². The molecular formula is C26H30ClF3N4O3. The summed E-state index contributed by atoms with van der Waals surface area (Å²) in [5, 5.41) is 14.6. The summed E-state index contributed by atoms with van der Waals surface area (Å²) in [5.74, 6) is 1.34. The number of hydrogen-bond acceptors (Lipinski definition) is 6. The summed E-state index contributed by atoms with van der Waals surface area (Å²) in [7, 11) is 0. The molecule has 0 amide bonds. The molecule has 5 rings (SSSR count). The molecule has 1 unspecified atom stereocenters. The molecule has 7 nitrogen and oxygen atoms in total. The Bertz CT molecular complexity index is 1290. The van der Waals surface area contributed by atoms with Gasteiger partial charge in [-0.25, -0.2) is 4.98 Å². The highest BCUT2D eigenvalue weighted by Crippen LogP contribution is 2.45. The lowest BCUT2D eigenvalue weighted by molar-refractivity contribution is -0.280. The number of nitrogens with one attached hydrogen (secondary N) is 2. The van der Waals surface area contributed by atoms with E-state index in [2.05, 4.69) is 20.2 Å². The van der Waals surface area contributed by atoms with Crippen LogP contribution in [-0.2, 0) is 23.1 Å². The Hall–Kier alpha value is -2.53. The molecule has 1 fully saturated rings. The second-order valence-corrected chi connectivity index (χ2v) is 10.8. The molecule has 0 radical (unpaired) electrons. The summed E-state index contributed by atoms with van der Waals surface area (Å²) < 4.78 is 53.9. The number of morpholine rings is 1. The van der Waals surface area contributed by atoms with Gasteiger partial charge in [-0.15, -0.1) is 0 Å². The van der Waals surface area contributed by atoms with Gasteiger partial charge < -0.3 is 24.5 Å². The van der Waals surface area contributed by atoms with Crippen molar-refractivity contribution < 1.29 is 27.8 Å². The Labute approximate surface area is 217 Å². The second kappa shape index (κ2) is 9.65. The number of anilines is 1. The average Bonchev–Trinajstić information content (AvgIpc) is 3.47. The fourth-order valence-electron chi connectivity index (χ4n) is 5.15. The number of aliphatic hydroxyl groups is 1. The van der Waals surface area contributed by atoms with Crippen molar-refractivity contribution >= 4 is 28.3 Å². The summed E-state index contributed by atoms with van der Waals surface area (Å²) in [5.41, 5.74) is -1.64. The molecule has 2 aliphatic rings. The van der Waals surface area contributed by atoms with Gasteiger partial charge in [0, 0.05) is 54.1 Å². The van der Waals surface area contributed by atoms with Crippen LogP contribution >= 0.6 is 11.6 Å². The van der Waals surface area contributed by atoms with E-state index in [1.807, 2.05) is 6.07 Å². The van der Waals surface area contributed by atoms with Crippen LogP contribution in [0.25, 0.3) is 10.9 Å². The summed E-state index contributed by atoms with van der Waals surface area (Å²) in [6.45, 7) is 6.23. The van der Waals surface area contributed by atoms with Crippen LogP contribution in [0.1, 0.15) is 37.1 Å². The van der Waals surface area contributed by atoms with Crippen molar-refractivity contribution in [3.8, 4) is 5.75 Å². The van der Waals surface area contributed by atoms with E-state index in [4.69, 9.17) is 21.1 Å². The van der Waals surface area contributed by atoms with E-state index in [9.17, 15) is 18.3 Å². The van der Waals surface area contributed by atoms with Crippen LogP contribution in [0.4, 0.5) is 19.0 Å². The van der Waals surface area contributed by atoms with Gasteiger partial charge in [0.25, 0.3) is 0 Å². The lowest BCUT2D eigenvalue weighted by Crippen LogP contribution is -2.59. The molecule has 0 spiro atoms. The van der Waals surface area contributed by atoms with Crippen LogP contribution in [0, 0.1) is 0 Å². The third-order valence-corrected chi connectivity index (χ3v) is 7.32. The van der Waals surface area contributed by atoms with Gasteiger partial charge in [0.15, 0.2) is 0 Å². The minimum Gasteiger partial charge on any atom is -0.493 e. The number of aromatic amines is 1. The Morgan fingerprint density at radius 2 is 1.89 bits per heavy atom. The zero-order chi connectivity index (χ0) is 26.4. The molecule has 4 heterocycles. The zero-order valence-corrected chi connectivity index (χ0v) is 21.5. The SMILES string of the molecule is CC(C)(CC(O)(NCc1cc2cc(N3CCOCC3)ncc2[nH]1)C(F)(F)F)c1cc(Cl)cc2c1OCC2. The maximum atomic E-state index is 14.3. The molecule has 0 bridgehead atoms. The van der Waals surface area contributed by atoms with Crippen molar-refractivity contribution in [1.82, 2.24) is 15.3 Å². The maximum absolute atomic E-state index is 14.3. The first-order valence-electron chi connectivity index (χ1n) is 12.3. The summed E-state index contributed by atoms with van der Waals surface area (Å²) in [6, 6.07) is 7.07. The average molecular weight is 539 g/mol. The number of nitrogens with zero attached hydrogens (tertiary/aromatic N) is 2. The minimum absolute atomic E-state index is 0.224. The van der Waals surface area contributed by atoms with E-state index < -0.39 is 23.7 Å². The molecule has 3 aromatic rings. The number of alkyl halides is 3. The number of hydrogen-bond donors (Lipinski definition) is 3. The molecule has 1 aromatic carbocycles. The molecule has 2 aliphatic heterocycles. The number of aromatic nitrogens is 2. The number of benzene rings is 1. The Morgan fingerprint density at radius 1 is 1.14 bits per heavy atom. The lowest BCUT2D eigenvalue weighted by Gasteiger charge is -2.38. The number of pyridine rings is 1. The molecular weight excluding hydrogens is 509 g/mol. The van der Waals surface area contributed by atoms with Crippen molar-refractivity contribution in [2.45, 2.75) is 50.6 Å². The number of halogens is 4. The zero-order valence-electron chi connectivity index (χ0n) is 20.7. The monoisotopic (exact) mass is 538 g/mol. The van der Waals surface area contributed by atoms with Crippen LogP contribution in [0.5, 0.6) is 5.75 Å². The summed E-state index contributed by atoms with van der Waals surface area (Å²) in [6.07, 6.45) is -3.25. The molecule has 0 aliphatic carbocycles. The van der Waals surface area contributed by atoms with Crippen molar-refractivity contribution in [1.29, 1.82) is 0 Å². The molecule has 200 valence electrons. The molecule has 3 N–H and O–H groups in total. The van der Waals surface area contributed by atoms with E-state index >= 15 is 0 Å². The fraction of sp³-hybridized carbons (Fsp3) is 0.500. The first-order chi connectivity index (χ1) is 17.5. The van der Waals surface area contributed by atoms with Gasteiger partial charge in [0.1, 0.15) is 11.6 Å². The highest BCUT2D eigenvalue weighted by atomic mass is 35.5. The van der Waals surface area contributed by atoms with E-state index in [1.165, 1.54) is 0 Å². The highest BCUT2D eigenvalue weighted by Gasteiger charge is 2.56. The predicted molar refractivity (Wildman–Crippen MR) is 135 cm³/mol. The van der Waals surface area contributed by atoms with Crippen molar-refractivity contribution in [2.24, 2.45) is 0 Å². The van der Waals surface area contributed by atoms with Crippen molar-refractivity contribution in [3.05, 3.63) is 52.3 Å². The Balaban J connectivity index is 1.36. The van der Waals surface area contributed by atoms with Crippen LogP contribution < -0.4 is 15.0 Å². The quantitative estimate of drug-likeness (QED) is 0.378. The van der Waals surface area contributed by atoms with Crippen LogP contribution in [0.3, 0.4) is 0 Å². The molecule has 1 saturated heterocycles. The molecule has 1 atom stereocenters. The molecule has 37 heavy (non-hydrogen) atoms. The summed E-state index contributed by atoms with van der Waals surface area (Å²) in [4.78, 5) is 9.68. The largest absolute Gasteiger partial charge is 0.493 e. The normalized spacial score (nSPS) is 18.1. The third-order valence-electron chi connectivity index (χ3n) is 7.10. The third kappa shape index (κ3) is 5.25. The standard InChI is InChI=1S/C26H30ClF3N4O3/c1-24(2,20-12-18(27)9-16-3-6-37-23(16)20)15-25(35,26(28,29)30)32-13-19-10-17-11-22(31-14-21(17)33-19)34-4-7-36-8-5-34/h9-12,14,32-33,35H,3-8,13,15H2,1-2H3. The van der Waals surface area contributed by atoms with E-state index in [1.54, 1.807) is 38.2 Å². The van der Waals surface area contributed by atoms with Crippen LogP contribution in [0.2, 0.25) is 5.02 Å². The topological polar surface area (TPSA) is 82.6 Å². The van der Waals surface area contributed by atoms with Crippen LogP contribution in [0.15, 0.2) is 30.5 Å². The van der Waals surface area contributed by atoms with Gasteiger partial charge in [-0.05, 0) is 35.2 Å². The van der Waals surface area contributed by atoms with Gasteiger partial charge >= 0.3 is 6.18 Å². The first kappa shape index (κ1) is 26.1. The lowest BCUT2D eigenvalue weighted by atomic mass is 9.76. The predicted octanol–water partition coefficient (Wildman–Crippen LogP) is 4.70. The summed E-state index contributed by atoms with van der Waals surface area (Å²) >= 11 is 6.26. The van der Waals surface area contributed by atoms with E-state index in [0.29, 0.717) is 53.8 Å². The number of H-pyrrole nitrogens is 1. The van der Waals surface area contributed by atoms with Gasteiger partial charge in [0.2, 0.25) is 5.72 Å². The molecule has 0 saturated carbocycles. The van der Waals surface area contributed by atoms with E-state index in [0.717, 1.165) is 29.9 Å². The Morgan fingerprint density at radius 3 is 2.62 bits per heavy atom. The van der Waals surface area contributed by atoms with E-state index in [-0.39, 0.29) is 6.54 Å². The molecule has 2 aromatic heterocycles. The maximum Gasteiger partial charge on any atom is 0.431 e. The van der Waals surface area contributed by atoms with Gasteiger partial charge in [-0.3, -0.25) is 5.32 Å². The smallest absolute Gasteiger partial charge is 0.431 e. The number of ether oxygens (including phenoxy) is 2. The number of rotatable bonds is 7. The highest BCUT2D eigenvalue weighted by molar-refractivity contribution is 6.30. The molecule has 11 heteroatoms. The Kier molecular flexibility index (Phi) is 6.81. The second-order valence-electron chi connectivity index (χ2n) is 10.3. The minimum atomic E-state index is -4.93. The van der Waals surface area contributed by atoms with Gasteiger partial charge in [-0.2, -0.15) is 13.2 Å². The van der Waals surface area contributed by atoms with Crippen molar-refractivity contribution in [3.63, 3.8) is 0 Å².